The van der Waals surface area contributed by atoms with Gasteiger partial charge in [0.05, 0.1) is 12.7 Å². The van der Waals surface area contributed by atoms with E-state index in [1.54, 1.807) is 0 Å². The van der Waals surface area contributed by atoms with Crippen LogP contribution in [0.25, 0.3) is 0 Å². The molecule has 82 valence electrons. The van der Waals surface area contributed by atoms with Crippen molar-refractivity contribution in [2.45, 2.75) is 52.2 Å². The molecule has 0 heterocycles. The summed E-state index contributed by atoms with van der Waals surface area (Å²) in [6, 6.07) is 6.58. The van der Waals surface area contributed by atoms with Crippen LogP contribution in [0.5, 0.6) is 0 Å². The van der Waals surface area contributed by atoms with Crippen LogP contribution in [0, 0.1) is 13.8 Å². The highest BCUT2D eigenvalue weighted by molar-refractivity contribution is 5.29. The minimum Gasteiger partial charge on any atom is -0.374 e. The van der Waals surface area contributed by atoms with Crippen molar-refractivity contribution < 1.29 is 4.74 Å². The Bertz CT molecular complexity index is 324. The highest BCUT2D eigenvalue weighted by Crippen LogP contribution is 2.22. The Kier molecular flexibility index (Phi) is 3.42. The Morgan fingerprint density at radius 1 is 1.20 bits per heavy atom. The molecule has 0 bridgehead atoms. The largest absolute Gasteiger partial charge is 0.374 e. The molecule has 0 N–H and O–H groups in total. The standard InChI is InChI=1S/C14H20O/c1-11-7-8-12(2)13(9-11)10-15-14-5-3-4-6-14/h7-9,14H,3-6,10H2,1-2H3. The highest BCUT2D eigenvalue weighted by atomic mass is 16.5. The minimum absolute atomic E-state index is 0.518. The van der Waals surface area contributed by atoms with Crippen LogP contribution in [0.1, 0.15) is 42.4 Å². The van der Waals surface area contributed by atoms with E-state index in [-0.39, 0.29) is 0 Å². The van der Waals surface area contributed by atoms with Gasteiger partial charge in [-0.2, -0.15) is 0 Å². The molecule has 1 aromatic carbocycles. The lowest BCUT2D eigenvalue weighted by molar-refractivity contribution is 0.0454. The quantitative estimate of drug-likeness (QED) is 0.728. The van der Waals surface area contributed by atoms with Gasteiger partial charge in [-0.05, 0) is 37.8 Å². The van der Waals surface area contributed by atoms with E-state index in [2.05, 4.69) is 32.0 Å². The van der Waals surface area contributed by atoms with Crippen LogP contribution in [0.15, 0.2) is 18.2 Å². The fraction of sp³-hybridized carbons (Fsp3) is 0.571. The van der Waals surface area contributed by atoms with E-state index in [9.17, 15) is 0 Å². The first-order valence-electron chi connectivity index (χ1n) is 5.93. The lowest BCUT2D eigenvalue weighted by atomic mass is 10.1. The summed E-state index contributed by atoms with van der Waals surface area (Å²) in [5.74, 6) is 0. The van der Waals surface area contributed by atoms with Gasteiger partial charge in [-0.25, -0.2) is 0 Å². The monoisotopic (exact) mass is 204 g/mol. The van der Waals surface area contributed by atoms with Crippen molar-refractivity contribution in [1.82, 2.24) is 0 Å². The third kappa shape index (κ3) is 2.82. The maximum Gasteiger partial charge on any atom is 0.0723 e. The summed E-state index contributed by atoms with van der Waals surface area (Å²) in [5.41, 5.74) is 4.02. The molecule has 1 aromatic rings. The fourth-order valence-corrected chi connectivity index (χ4v) is 2.22. The molecule has 1 aliphatic rings. The fourth-order valence-electron chi connectivity index (χ4n) is 2.22. The number of benzene rings is 1. The van der Waals surface area contributed by atoms with Gasteiger partial charge in [-0.3, -0.25) is 0 Å². The average Bonchev–Trinajstić information content (AvgIpc) is 2.72. The molecule has 1 heteroatoms. The predicted molar refractivity (Wildman–Crippen MR) is 63.0 cm³/mol. The smallest absolute Gasteiger partial charge is 0.0723 e. The first-order valence-corrected chi connectivity index (χ1v) is 5.93. The van der Waals surface area contributed by atoms with Crippen molar-refractivity contribution in [2.75, 3.05) is 0 Å². The number of aryl methyl sites for hydroxylation is 2. The molecule has 1 aliphatic carbocycles. The Hall–Kier alpha value is -0.820. The van der Waals surface area contributed by atoms with Gasteiger partial charge in [0, 0.05) is 0 Å². The summed E-state index contributed by atoms with van der Waals surface area (Å²) in [7, 11) is 0. The summed E-state index contributed by atoms with van der Waals surface area (Å²) in [6.07, 6.45) is 5.72. The zero-order valence-electron chi connectivity index (χ0n) is 9.75. The van der Waals surface area contributed by atoms with Crippen molar-refractivity contribution >= 4 is 0 Å². The van der Waals surface area contributed by atoms with E-state index in [4.69, 9.17) is 4.74 Å². The normalized spacial score (nSPS) is 17.2. The zero-order chi connectivity index (χ0) is 10.7. The summed E-state index contributed by atoms with van der Waals surface area (Å²) in [4.78, 5) is 0. The SMILES string of the molecule is Cc1ccc(C)c(COC2CCCC2)c1. The Morgan fingerprint density at radius 2 is 1.93 bits per heavy atom. The van der Waals surface area contributed by atoms with E-state index >= 15 is 0 Å². The van der Waals surface area contributed by atoms with Gasteiger partial charge in [-0.15, -0.1) is 0 Å². The van der Waals surface area contributed by atoms with Gasteiger partial charge < -0.3 is 4.74 Å². The van der Waals surface area contributed by atoms with Crippen LogP contribution in [-0.2, 0) is 11.3 Å². The third-order valence-electron chi connectivity index (χ3n) is 3.28. The van der Waals surface area contributed by atoms with Crippen LogP contribution in [0.3, 0.4) is 0 Å². The molecule has 1 fully saturated rings. The molecule has 2 rings (SSSR count). The van der Waals surface area contributed by atoms with E-state index in [0.717, 1.165) is 6.61 Å². The molecule has 0 atom stereocenters. The first kappa shape index (κ1) is 10.7. The van der Waals surface area contributed by atoms with Crippen LogP contribution in [-0.4, -0.2) is 6.10 Å². The van der Waals surface area contributed by atoms with Crippen molar-refractivity contribution in [1.29, 1.82) is 0 Å². The van der Waals surface area contributed by atoms with Crippen LogP contribution >= 0.6 is 0 Å². The molecule has 1 nitrogen and oxygen atoms in total. The molecule has 0 spiro atoms. The van der Waals surface area contributed by atoms with Gasteiger partial charge >= 0.3 is 0 Å². The van der Waals surface area contributed by atoms with Gasteiger partial charge in [-0.1, -0.05) is 36.6 Å². The Labute approximate surface area is 92.5 Å². The Morgan fingerprint density at radius 3 is 2.67 bits per heavy atom. The lowest BCUT2D eigenvalue weighted by Crippen LogP contribution is -2.07. The van der Waals surface area contributed by atoms with E-state index < -0.39 is 0 Å². The van der Waals surface area contributed by atoms with Crippen molar-refractivity contribution in [2.24, 2.45) is 0 Å². The first-order chi connectivity index (χ1) is 7.25. The van der Waals surface area contributed by atoms with Gasteiger partial charge in [0.2, 0.25) is 0 Å². The molecule has 0 amide bonds. The van der Waals surface area contributed by atoms with E-state index in [0.29, 0.717) is 6.10 Å². The lowest BCUT2D eigenvalue weighted by Gasteiger charge is -2.13. The van der Waals surface area contributed by atoms with Crippen LogP contribution < -0.4 is 0 Å². The van der Waals surface area contributed by atoms with Gasteiger partial charge in [0.1, 0.15) is 0 Å². The van der Waals surface area contributed by atoms with Crippen molar-refractivity contribution in [3.05, 3.63) is 34.9 Å². The van der Waals surface area contributed by atoms with Gasteiger partial charge in [0.15, 0.2) is 0 Å². The van der Waals surface area contributed by atoms with Crippen LogP contribution in [0.2, 0.25) is 0 Å². The number of ether oxygens (including phenoxy) is 1. The van der Waals surface area contributed by atoms with Crippen molar-refractivity contribution in [3.8, 4) is 0 Å². The molecule has 1 saturated carbocycles. The van der Waals surface area contributed by atoms with Gasteiger partial charge in [0.25, 0.3) is 0 Å². The second-order valence-corrected chi connectivity index (χ2v) is 4.65. The van der Waals surface area contributed by atoms with Crippen LogP contribution in [0.4, 0.5) is 0 Å². The van der Waals surface area contributed by atoms with E-state index in [1.165, 1.54) is 42.4 Å². The van der Waals surface area contributed by atoms with E-state index in [1.807, 2.05) is 0 Å². The summed E-state index contributed by atoms with van der Waals surface area (Å²) < 4.78 is 5.92. The second kappa shape index (κ2) is 4.80. The molecular weight excluding hydrogens is 184 g/mol. The molecule has 0 unspecified atom stereocenters. The molecule has 0 saturated heterocycles. The van der Waals surface area contributed by atoms with Crippen molar-refractivity contribution in [3.63, 3.8) is 0 Å². The predicted octanol–water partition coefficient (Wildman–Crippen LogP) is 3.76. The topological polar surface area (TPSA) is 9.23 Å². The third-order valence-corrected chi connectivity index (χ3v) is 3.28. The molecular formula is C14H20O. The molecule has 0 aliphatic heterocycles. The summed E-state index contributed by atoms with van der Waals surface area (Å²) in [6.45, 7) is 5.09. The highest BCUT2D eigenvalue weighted by Gasteiger charge is 2.15. The minimum atomic E-state index is 0.518. The maximum atomic E-state index is 5.92. The summed E-state index contributed by atoms with van der Waals surface area (Å²) >= 11 is 0. The second-order valence-electron chi connectivity index (χ2n) is 4.65. The number of hydrogen-bond acceptors (Lipinski definition) is 1. The number of rotatable bonds is 3. The zero-order valence-corrected chi connectivity index (χ0v) is 9.75. The number of hydrogen-bond donors (Lipinski definition) is 0. The Balaban J connectivity index is 1.94. The maximum absolute atomic E-state index is 5.92. The molecule has 0 radical (unpaired) electrons. The summed E-state index contributed by atoms with van der Waals surface area (Å²) in [5, 5.41) is 0. The molecule has 15 heavy (non-hydrogen) atoms. The average molecular weight is 204 g/mol. The molecule has 0 aromatic heterocycles.